The molecule has 0 aliphatic rings. The Morgan fingerprint density at radius 2 is 1.18 bits per heavy atom. The molecular weight excluding hydrogens is 372 g/mol. The van der Waals surface area contributed by atoms with Crippen molar-refractivity contribution in [1.29, 1.82) is 0 Å². The van der Waals surface area contributed by atoms with E-state index < -0.39 is 0 Å². The number of phenols is 2. The van der Waals surface area contributed by atoms with Gasteiger partial charge in [-0.3, -0.25) is 4.79 Å². The maximum atomic E-state index is 12.2. The van der Waals surface area contributed by atoms with Crippen molar-refractivity contribution in [3.05, 3.63) is 22.7 Å². The van der Waals surface area contributed by atoms with Crippen LogP contribution >= 0.6 is 11.6 Å². The lowest BCUT2D eigenvalue weighted by atomic mass is 10.0. The summed E-state index contributed by atoms with van der Waals surface area (Å²) in [6.45, 7) is 2.26. The molecule has 0 radical (unpaired) electrons. The minimum absolute atomic E-state index is 0.0436. The zero-order valence-corrected chi connectivity index (χ0v) is 18.4. The predicted octanol–water partition coefficient (Wildman–Crippen LogP) is 8.20. The monoisotopic (exact) mass is 410 g/mol. The fourth-order valence-electron chi connectivity index (χ4n) is 3.61. The highest BCUT2D eigenvalue weighted by Crippen LogP contribution is 2.34. The molecule has 0 saturated heterocycles. The predicted molar refractivity (Wildman–Crippen MR) is 119 cm³/mol. The largest absolute Gasteiger partial charge is 0.507 e. The summed E-state index contributed by atoms with van der Waals surface area (Å²) in [5.74, 6) is -0.757. The quantitative estimate of drug-likeness (QED) is 0.201. The molecule has 3 nitrogen and oxygen atoms in total. The van der Waals surface area contributed by atoms with Gasteiger partial charge >= 0.3 is 0 Å². The van der Waals surface area contributed by atoms with Gasteiger partial charge in [0.1, 0.15) is 17.1 Å². The topological polar surface area (TPSA) is 57.5 Å². The number of halogens is 1. The lowest BCUT2D eigenvalue weighted by molar-refractivity contribution is 0.0973. The Hall–Kier alpha value is -1.22. The molecule has 0 unspecified atom stereocenters. The van der Waals surface area contributed by atoms with Crippen LogP contribution in [0.2, 0.25) is 5.02 Å². The van der Waals surface area contributed by atoms with Crippen LogP contribution in [0.15, 0.2) is 12.1 Å². The van der Waals surface area contributed by atoms with E-state index >= 15 is 0 Å². The highest BCUT2D eigenvalue weighted by molar-refractivity contribution is 6.32. The van der Waals surface area contributed by atoms with Crippen LogP contribution in [0, 0.1) is 0 Å². The third kappa shape index (κ3) is 10.4. The number of hydrogen-bond donors (Lipinski definition) is 2. The summed E-state index contributed by atoms with van der Waals surface area (Å²) in [5, 5.41) is 19.7. The van der Waals surface area contributed by atoms with E-state index in [0.29, 0.717) is 6.42 Å². The summed E-state index contributed by atoms with van der Waals surface area (Å²) in [4.78, 5) is 12.2. The van der Waals surface area contributed by atoms with Crippen molar-refractivity contribution in [1.82, 2.24) is 0 Å². The third-order valence-electron chi connectivity index (χ3n) is 5.39. The summed E-state index contributed by atoms with van der Waals surface area (Å²) < 4.78 is 0. The van der Waals surface area contributed by atoms with Crippen LogP contribution in [-0.2, 0) is 0 Å². The third-order valence-corrected chi connectivity index (χ3v) is 5.70. The van der Waals surface area contributed by atoms with Crippen molar-refractivity contribution < 1.29 is 15.0 Å². The number of rotatable bonds is 17. The van der Waals surface area contributed by atoms with Crippen LogP contribution < -0.4 is 0 Å². The van der Waals surface area contributed by atoms with Crippen LogP contribution in [0.5, 0.6) is 11.5 Å². The van der Waals surface area contributed by atoms with Crippen LogP contribution in [0.25, 0.3) is 0 Å². The van der Waals surface area contributed by atoms with Gasteiger partial charge in [-0.2, -0.15) is 0 Å². The van der Waals surface area contributed by atoms with Crippen molar-refractivity contribution >= 4 is 17.4 Å². The van der Waals surface area contributed by atoms with Gasteiger partial charge in [0.05, 0.1) is 5.02 Å². The molecule has 1 rings (SSSR count). The molecular formula is C24H39ClO3. The molecule has 0 aliphatic heterocycles. The minimum atomic E-state index is -0.312. The lowest BCUT2D eigenvalue weighted by Gasteiger charge is -2.08. The Balaban J connectivity index is 1.96. The van der Waals surface area contributed by atoms with Gasteiger partial charge < -0.3 is 10.2 Å². The number of benzene rings is 1. The Morgan fingerprint density at radius 3 is 1.64 bits per heavy atom. The highest BCUT2D eigenvalue weighted by Gasteiger charge is 2.18. The molecule has 160 valence electrons. The number of carbonyl (C=O) groups excluding carboxylic acids is 1. The Bertz CT molecular complexity index is 557. The molecule has 0 aliphatic carbocycles. The molecule has 0 heterocycles. The van der Waals surface area contributed by atoms with E-state index in [9.17, 15) is 15.0 Å². The Labute approximate surface area is 176 Å². The van der Waals surface area contributed by atoms with E-state index in [4.69, 9.17) is 11.6 Å². The van der Waals surface area contributed by atoms with E-state index in [-0.39, 0.29) is 27.9 Å². The summed E-state index contributed by atoms with van der Waals surface area (Å²) in [6.07, 6.45) is 19.5. The van der Waals surface area contributed by atoms with E-state index in [1.54, 1.807) is 0 Å². The van der Waals surface area contributed by atoms with Crippen LogP contribution in [-0.4, -0.2) is 16.0 Å². The fraction of sp³-hybridized carbons (Fsp3) is 0.708. The Kier molecular flexibility index (Phi) is 13.9. The molecule has 0 fully saturated rings. The van der Waals surface area contributed by atoms with E-state index in [0.717, 1.165) is 19.3 Å². The highest BCUT2D eigenvalue weighted by atomic mass is 35.5. The van der Waals surface area contributed by atoms with Crippen molar-refractivity contribution in [3.63, 3.8) is 0 Å². The lowest BCUT2D eigenvalue weighted by Crippen LogP contribution is -2.00. The summed E-state index contributed by atoms with van der Waals surface area (Å²) in [6, 6.07) is 2.73. The molecule has 28 heavy (non-hydrogen) atoms. The second-order valence-corrected chi connectivity index (χ2v) is 8.32. The second kappa shape index (κ2) is 15.7. The number of carbonyl (C=O) groups is 1. The molecule has 0 amide bonds. The Morgan fingerprint density at radius 1 is 0.750 bits per heavy atom. The van der Waals surface area contributed by atoms with Gasteiger partial charge in [-0.05, 0) is 18.6 Å². The number of ketones is 1. The van der Waals surface area contributed by atoms with E-state index in [1.807, 2.05) is 0 Å². The minimum Gasteiger partial charge on any atom is -0.507 e. The first-order chi connectivity index (χ1) is 13.6. The first-order valence-corrected chi connectivity index (χ1v) is 11.7. The molecule has 0 atom stereocenters. The average Bonchev–Trinajstić information content (AvgIpc) is 2.68. The maximum Gasteiger partial charge on any atom is 0.170 e. The molecule has 0 aromatic heterocycles. The molecule has 0 spiro atoms. The molecule has 1 aromatic carbocycles. The van der Waals surface area contributed by atoms with Gasteiger partial charge in [0.2, 0.25) is 0 Å². The molecule has 2 N–H and O–H groups in total. The van der Waals surface area contributed by atoms with Crippen LogP contribution in [0.4, 0.5) is 0 Å². The summed E-state index contributed by atoms with van der Waals surface area (Å²) in [7, 11) is 0. The number of aromatic hydroxyl groups is 2. The number of unbranched alkanes of at least 4 members (excludes halogenated alkanes) is 14. The van der Waals surface area contributed by atoms with Gasteiger partial charge in [-0.15, -0.1) is 0 Å². The second-order valence-electron chi connectivity index (χ2n) is 7.91. The smallest absolute Gasteiger partial charge is 0.170 e. The van der Waals surface area contributed by atoms with Crippen molar-refractivity contribution in [3.8, 4) is 11.5 Å². The molecule has 0 bridgehead atoms. The van der Waals surface area contributed by atoms with Crippen molar-refractivity contribution in [2.45, 2.75) is 110 Å². The summed E-state index contributed by atoms with van der Waals surface area (Å²) in [5.41, 5.74) is -0.0436. The maximum absolute atomic E-state index is 12.2. The van der Waals surface area contributed by atoms with E-state index in [1.165, 1.54) is 89.2 Å². The van der Waals surface area contributed by atoms with Crippen molar-refractivity contribution in [2.75, 3.05) is 0 Å². The van der Waals surface area contributed by atoms with Gasteiger partial charge in [0.15, 0.2) is 5.78 Å². The van der Waals surface area contributed by atoms with Crippen LogP contribution in [0.1, 0.15) is 120 Å². The SMILES string of the molecule is CCCCCCCCCCCCCCCCCC(=O)c1c(O)ccc(Cl)c1O. The normalized spacial score (nSPS) is 11.1. The molecule has 4 heteroatoms. The molecule has 1 aromatic rings. The van der Waals surface area contributed by atoms with Gasteiger partial charge in [-0.25, -0.2) is 0 Å². The number of hydrogen-bond acceptors (Lipinski definition) is 3. The molecule has 0 saturated carbocycles. The zero-order valence-electron chi connectivity index (χ0n) is 17.6. The fourth-order valence-corrected chi connectivity index (χ4v) is 3.77. The zero-order chi connectivity index (χ0) is 20.6. The standard InChI is InChI=1S/C24H39ClO3/c1-2-3-4-5-6-7-8-9-10-11-12-13-14-15-16-17-21(26)23-22(27)19-18-20(25)24(23)28/h18-19,27-28H,2-17H2,1H3. The summed E-state index contributed by atoms with van der Waals surface area (Å²) >= 11 is 5.81. The number of Topliss-reactive ketones (excluding diaryl/α,β-unsaturated/α-hetero) is 1. The first-order valence-electron chi connectivity index (χ1n) is 11.3. The average molecular weight is 411 g/mol. The van der Waals surface area contributed by atoms with Crippen LogP contribution in [0.3, 0.4) is 0 Å². The van der Waals surface area contributed by atoms with Crippen molar-refractivity contribution in [2.24, 2.45) is 0 Å². The first kappa shape index (κ1) is 24.8. The van der Waals surface area contributed by atoms with Gasteiger partial charge in [0, 0.05) is 6.42 Å². The van der Waals surface area contributed by atoms with Gasteiger partial charge in [-0.1, -0.05) is 108 Å². The number of phenolic OH excluding ortho intramolecular Hbond substituents is 2. The van der Waals surface area contributed by atoms with Gasteiger partial charge in [0.25, 0.3) is 0 Å². The van der Waals surface area contributed by atoms with E-state index in [2.05, 4.69) is 6.92 Å².